The molecule has 1 saturated heterocycles. The first kappa shape index (κ1) is 18.0. The number of nitrogens with zero attached hydrogens (tertiary/aromatic N) is 2. The molecule has 0 radical (unpaired) electrons. The van der Waals surface area contributed by atoms with Crippen molar-refractivity contribution in [2.24, 2.45) is 5.73 Å². The van der Waals surface area contributed by atoms with Crippen LogP contribution in [0.15, 0.2) is 18.2 Å². The van der Waals surface area contributed by atoms with Crippen LogP contribution in [0.25, 0.3) is 0 Å². The van der Waals surface area contributed by atoms with Crippen molar-refractivity contribution in [2.45, 2.75) is 25.8 Å². The minimum Gasteiger partial charge on any atom is -0.339 e. The minimum atomic E-state index is -0.153. The van der Waals surface area contributed by atoms with Gasteiger partial charge in [-0.1, -0.05) is 29.3 Å². The molecule has 0 saturated carbocycles. The average molecular weight is 358 g/mol. The molecule has 1 aliphatic heterocycles. The molecule has 1 fully saturated rings. The fourth-order valence-corrected chi connectivity index (χ4v) is 2.89. The number of carbonyl (C=O) groups is 2. The molecule has 1 atom stereocenters. The molecule has 1 aromatic carbocycles. The number of piperazine rings is 1. The Morgan fingerprint density at radius 3 is 2.39 bits per heavy atom. The first-order valence-corrected chi connectivity index (χ1v) is 8.42. The third-order valence-electron chi connectivity index (χ3n) is 3.92. The zero-order valence-corrected chi connectivity index (χ0v) is 14.6. The summed E-state index contributed by atoms with van der Waals surface area (Å²) in [6.07, 6.45) is 1.13. The smallest absolute Gasteiger partial charge is 0.255 e. The number of hydrogen-bond donors (Lipinski definition) is 1. The second-order valence-electron chi connectivity index (χ2n) is 5.79. The average Bonchev–Trinajstić information content (AvgIpc) is 2.54. The summed E-state index contributed by atoms with van der Waals surface area (Å²) in [6.45, 7) is 3.93. The quantitative estimate of drug-likeness (QED) is 0.899. The summed E-state index contributed by atoms with van der Waals surface area (Å²) in [5.41, 5.74) is 6.07. The Balaban J connectivity index is 1.92. The Bertz CT molecular complexity index is 585. The van der Waals surface area contributed by atoms with E-state index in [1.807, 2.05) is 6.92 Å². The van der Waals surface area contributed by atoms with E-state index in [-0.39, 0.29) is 22.9 Å². The summed E-state index contributed by atoms with van der Waals surface area (Å²) in [7, 11) is 0. The maximum Gasteiger partial charge on any atom is 0.255 e. The van der Waals surface area contributed by atoms with Gasteiger partial charge in [0, 0.05) is 38.6 Å². The number of halogens is 2. The van der Waals surface area contributed by atoms with Gasteiger partial charge in [-0.15, -0.1) is 0 Å². The Morgan fingerprint density at radius 1 is 1.17 bits per heavy atom. The van der Waals surface area contributed by atoms with E-state index in [2.05, 4.69) is 0 Å². The summed E-state index contributed by atoms with van der Waals surface area (Å²) in [5.74, 6) is -0.0598. The minimum absolute atomic E-state index is 0.0202. The van der Waals surface area contributed by atoms with Crippen molar-refractivity contribution in [2.75, 3.05) is 26.2 Å². The van der Waals surface area contributed by atoms with Crippen LogP contribution in [0, 0.1) is 0 Å². The first-order valence-electron chi connectivity index (χ1n) is 7.66. The topological polar surface area (TPSA) is 66.6 Å². The van der Waals surface area contributed by atoms with Crippen molar-refractivity contribution in [3.8, 4) is 0 Å². The lowest BCUT2D eigenvalue weighted by atomic mass is 10.1. The maximum absolute atomic E-state index is 12.5. The summed E-state index contributed by atoms with van der Waals surface area (Å²) in [4.78, 5) is 28.1. The van der Waals surface area contributed by atoms with E-state index in [9.17, 15) is 9.59 Å². The Kier molecular flexibility index (Phi) is 6.27. The zero-order chi connectivity index (χ0) is 17.0. The van der Waals surface area contributed by atoms with Crippen LogP contribution in [0.4, 0.5) is 0 Å². The van der Waals surface area contributed by atoms with Gasteiger partial charge in [-0.05, 0) is 25.5 Å². The van der Waals surface area contributed by atoms with E-state index in [0.717, 1.165) is 0 Å². The van der Waals surface area contributed by atoms with Gasteiger partial charge < -0.3 is 15.5 Å². The van der Waals surface area contributed by atoms with Gasteiger partial charge in [-0.3, -0.25) is 9.59 Å². The molecule has 2 rings (SSSR count). The fraction of sp³-hybridized carbons (Fsp3) is 0.500. The lowest BCUT2D eigenvalue weighted by Gasteiger charge is -2.35. The molecule has 1 aliphatic rings. The SMILES string of the molecule is CC(N)CCC(=O)N1CCN(C(=O)c2cccc(Cl)c2Cl)CC1. The zero-order valence-electron chi connectivity index (χ0n) is 13.1. The van der Waals surface area contributed by atoms with Crippen LogP contribution in [0.2, 0.25) is 10.0 Å². The Labute approximate surface area is 146 Å². The molecule has 7 heteroatoms. The van der Waals surface area contributed by atoms with E-state index >= 15 is 0 Å². The van der Waals surface area contributed by atoms with Crippen LogP contribution in [0.1, 0.15) is 30.1 Å². The second-order valence-corrected chi connectivity index (χ2v) is 6.58. The highest BCUT2D eigenvalue weighted by molar-refractivity contribution is 6.43. The maximum atomic E-state index is 12.5. The molecule has 1 aromatic rings. The van der Waals surface area contributed by atoms with Crippen molar-refractivity contribution in [1.82, 2.24) is 9.80 Å². The van der Waals surface area contributed by atoms with Crippen molar-refractivity contribution in [3.63, 3.8) is 0 Å². The van der Waals surface area contributed by atoms with Gasteiger partial charge in [0.15, 0.2) is 0 Å². The number of rotatable bonds is 4. The number of hydrogen-bond acceptors (Lipinski definition) is 3. The van der Waals surface area contributed by atoms with Crippen LogP contribution in [-0.2, 0) is 4.79 Å². The van der Waals surface area contributed by atoms with Gasteiger partial charge in [0.05, 0.1) is 15.6 Å². The summed E-state index contributed by atoms with van der Waals surface area (Å²) >= 11 is 12.1. The van der Waals surface area contributed by atoms with Gasteiger partial charge in [-0.2, -0.15) is 0 Å². The molecule has 23 heavy (non-hydrogen) atoms. The molecule has 0 bridgehead atoms. The van der Waals surface area contributed by atoms with Gasteiger partial charge in [0.25, 0.3) is 5.91 Å². The summed E-state index contributed by atoms with van der Waals surface area (Å²) in [5, 5.41) is 0.636. The summed E-state index contributed by atoms with van der Waals surface area (Å²) < 4.78 is 0. The van der Waals surface area contributed by atoms with Crippen LogP contribution < -0.4 is 5.73 Å². The Morgan fingerprint density at radius 2 is 1.78 bits per heavy atom. The van der Waals surface area contributed by atoms with Crippen LogP contribution in [0.5, 0.6) is 0 Å². The molecule has 2 N–H and O–H groups in total. The number of nitrogens with two attached hydrogens (primary N) is 1. The van der Waals surface area contributed by atoms with Gasteiger partial charge in [0.2, 0.25) is 5.91 Å². The number of benzene rings is 1. The Hall–Kier alpha value is -1.30. The standard InChI is InChI=1S/C16H21Cl2N3O2/c1-11(19)5-6-14(22)20-7-9-21(10-8-20)16(23)12-3-2-4-13(17)15(12)18/h2-4,11H,5-10,19H2,1H3. The number of carbonyl (C=O) groups excluding carboxylic acids is 2. The van der Waals surface area contributed by atoms with Crippen LogP contribution >= 0.6 is 23.2 Å². The van der Waals surface area contributed by atoms with E-state index in [0.29, 0.717) is 49.6 Å². The van der Waals surface area contributed by atoms with E-state index in [4.69, 9.17) is 28.9 Å². The van der Waals surface area contributed by atoms with E-state index in [1.54, 1.807) is 28.0 Å². The molecular weight excluding hydrogens is 337 g/mol. The third-order valence-corrected chi connectivity index (χ3v) is 4.73. The molecule has 0 aromatic heterocycles. The highest BCUT2D eigenvalue weighted by Gasteiger charge is 2.26. The lowest BCUT2D eigenvalue weighted by molar-refractivity contribution is -0.132. The second kappa shape index (κ2) is 7.99. The predicted octanol–water partition coefficient (Wildman–Crippen LogP) is 2.41. The van der Waals surface area contributed by atoms with E-state index < -0.39 is 0 Å². The molecule has 5 nitrogen and oxygen atoms in total. The largest absolute Gasteiger partial charge is 0.339 e. The molecule has 2 amide bonds. The van der Waals surface area contributed by atoms with Crippen LogP contribution in [-0.4, -0.2) is 53.8 Å². The monoisotopic (exact) mass is 357 g/mol. The molecule has 0 spiro atoms. The lowest BCUT2D eigenvalue weighted by Crippen LogP contribution is -2.50. The molecule has 126 valence electrons. The molecule has 0 aliphatic carbocycles. The fourth-order valence-electron chi connectivity index (χ4n) is 2.51. The summed E-state index contributed by atoms with van der Waals surface area (Å²) in [6, 6.07) is 5.04. The van der Waals surface area contributed by atoms with Crippen molar-refractivity contribution < 1.29 is 9.59 Å². The van der Waals surface area contributed by atoms with E-state index in [1.165, 1.54) is 0 Å². The first-order chi connectivity index (χ1) is 10.9. The predicted molar refractivity (Wildman–Crippen MR) is 91.8 cm³/mol. The van der Waals surface area contributed by atoms with Gasteiger partial charge in [0.1, 0.15) is 0 Å². The molecule has 1 unspecified atom stereocenters. The van der Waals surface area contributed by atoms with Crippen molar-refractivity contribution in [3.05, 3.63) is 33.8 Å². The molecular formula is C16H21Cl2N3O2. The highest BCUT2D eigenvalue weighted by Crippen LogP contribution is 2.26. The molecule has 1 heterocycles. The third kappa shape index (κ3) is 4.59. The normalized spacial score (nSPS) is 16.3. The van der Waals surface area contributed by atoms with Gasteiger partial charge in [-0.25, -0.2) is 0 Å². The van der Waals surface area contributed by atoms with Crippen molar-refractivity contribution in [1.29, 1.82) is 0 Å². The number of amides is 2. The van der Waals surface area contributed by atoms with Crippen LogP contribution in [0.3, 0.4) is 0 Å². The van der Waals surface area contributed by atoms with Gasteiger partial charge >= 0.3 is 0 Å². The van der Waals surface area contributed by atoms with Crippen molar-refractivity contribution >= 4 is 35.0 Å². The highest BCUT2D eigenvalue weighted by atomic mass is 35.5.